The number of halogens is 1. The fourth-order valence-corrected chi connectivity index (χ4v) is 2.29. The van der Waals surface area contributed by atoms with Crippen LogP contribution in [-0.4, -0.2) is 24.0 Å². The van der Waals surface area contributed by atoms with Gasteiger partial charge in [-0.05, 0) is 51.1 Å². The lowest BCUT2D eigenvalue weighted by Crippen LogP contribution is -2.44. The molecule has 2 rings (SSSR count). The molecule has 0 saturated carbocycles. The summed E-state index contributed by atoms with van der Waals surface area (Å²) in [5.41, 5.74) is 0.284. The standard InChI is InChI=1S/C18H21ClN2O4/c1-11(2)25-16-7-6-13(19)9-15(16)18(23)21-12(3)17(22)20-10-14-5-4-8-24-14/h4-9,11-12H,10H2,1-3H3,(H,20,22)(H,21,23). The number of furan rings is 1. The van der Waals surface area contributed by atoms with Crippen molar-refractivity contribution >= 4 is 23.4 Å². The van der Waals surface area contributed by atoms with E-state index in [1.165, 1.54) is 12.3 Å². The second-order valence-corrected chi connectivity index (χ2v) is 6.24. The fraction of sp³-hybridized carbons (Fsp3) is 0.333. The topological polar surface area (TPSA) is 80.6 Å². The van der Waals surface area contributed by atoms with Crippen molar-refractivity contribution in [1.82, 2.24) is 10.6 Å². The molecule has 1 aromatic carbocycles. The summed E-state index contributed by atoms with van der Waals surface area (Å²) in [4.78, 5) is 24.6. The summed E-state index contributed by atoms with van der Waals surface area (Å²) in [5, 5.41) is 5.75. The third-order valence-electron chi connectivity index (χ3n) is 3.31. The Bertz CT molecular complexity index is 729. The largest absolute Gasteiger partial charge is 0.490 e. The summed E-state index contributed by atoms with van der Waals surface area (Å²) in [6, 6.07) is 7.57. The van der Waals surface area contributed by atoms with E-state index < -0.39 is 11.9 Å². The quantitative estimate of drug-likeness (QED) is 0.790. The highest BCUT2D eigenvalue weighted by Gasteiger charge is 2.20. The molecule has 0 aliphatic rings. The van der Waals surface area contributed by atoms with Crippen LogP contribution in [0.2, 0.25) is 5.02 Å². The summed E-state index contributed by atoms with van der Waals surface area (Å²) in [6.45, 7) is 5.58. The van der Waals surface area contributed by atoms with E-state index in [9.17, 15) is 9.59 Å². The molecule has 2 amide bonds. The summed E-state index contributed by atoms with van der Waals surface area (Å²) in [5.74, 6) is 0.298. The fourth-order valence-electron chi connectivity index (χ4n) is 2.12. The average Bonchev–Trinajstić information content (AvgIpc) is 3.07. The van der Waals surface area contributed by atoms with Gasteiger partial charge in [0.2, 0.25) is 5.91 Å². The Hall–Kier alpha value is -2.47. The second-order valence-electron chi connectivity index (χ2n) is 5.80. The zero-order valence-electron chi connectivity index (χ0n) is 14.3. The lowest BCUT2D eigenvalue weighted by atomic mass is 10.1. The Morgan fingerprint density at radius 1 is 1.24 bits per heavy atom. The van der Waals surface area contributed by atoms with E-state index in [0.717, 1.165) is 0 Å². The van der Waals surface area contributed by atoms with Gasteiger partial charge in [-0.1, -0.05) is 11.6 Å². The van der Waals surface area contributed by atoms with Gasteiger partial charge in [0.1, 0.15) is 17.6 Å². The lowest BCUT2D eigenvalue weighted by molar-refractivity contribution is -0.122. The van der Waals surface area contributed by atoms with Crippen LogP contribution in [0.25, 0.3) is 0 Å². The number of amides is 2. The van der Waals surface area contributed by atoms with E-state index in [4.69, 9.17) is 20.8 Å². The third-order valence-corrected chi connectivity index (χ3v) is 3.54. The van der Waals surface area contributed by atoms with Crippen molar-refractivity contribution < 1.29 is 18.7 Å². The molecule has 0 aliphatic heterocycles. The van der Waals surface area contributed by atoms with Gasteiger partial charge in [-0.25, -0.2) is 0 Å². The minimum absolute atomic E-state index is 0.0956. The molecular weight excluding hydrogens is 344 g/mol. The molecule has 2 N–H and O–H groups in total. The zero-order valence-corrected chi connectivity index (χ0v) is 15.1. The van der Waals surface area contributed by atoms with Crippen molar-refractivity contribution in [2.45, 2.75) is 39.5 Å². The van der Waals surface area contributed by atoms with E-state index >= 15 is 0 Å². The molecule has 0 spiro atoms. The van der Waals surface area contributed by atoms with Crippen LogP contribution in [0.15, 0.2) is 41.0 Å². The SMILES string of the molecule is CC(C)Oc1ccc(Cl)cc1C(=O)NC(C)C(=O)NCc1ccco1. The molecule has 1 unspecified atom stereocenters. The van der Waals surface area contributed by atoms with Crippen LogP contribution in [0.3, 0.4) is 0 Å². The maximum absolute atomic E-state index is 12.5. The van der Waals surface area contributed by atoms with Crippen molar-refractivity contribution in [3.05, 3.63) is 52.9 Å². The summed E-state index contributed by atoms with van der Waals surface area (Å²) in [6.07, 6.45) is 1.43. The van der Waals surface area contributed by atoms with E-state index in [-0.39, 0.29) is 24.1 Å². The molecule has 1 atom stereocenters. The Morgan fingerprint density at radius 2 is 2.00 bits per heavy atom. The predicted octanol–water partition coefficient (Wildman–Crippen LogP) is 3.15. The maximum Gasteiger partial charge on any atom is 0.255 e. The first-order chi connectivity index (χ1) is 11.9. The van der Waals surface area contributed by atoms with Crippen LogP contribution in [0.4, 0.5) is 0 Å². The normalized spacial score (nSPS) is 11.9. The Balaban J connectivity index is 2.00. The van der Waals surface area contributed by atoms with Gasteiger partial charge in [-0.3, -0.25) is 9.59 Å². The van der Waals surface area contributed by atoms with Gasteiger partial charge in [0.25, 0.3) is 5.91 Å². The van der Waals surface area contributed by atoms with Crippen LogP contribution >= 0.6 is 11.6 Å². The number of nitrogens with one attached hydrogen (secondary N) is 2. The molecule has 0 saturated heterocycles. The van der Waals surface area contributed by atoms with E-state index in [2.05, 4.69) is 10.6 Å². The Morgan fingerprint density at radius 3 is 2.64 bits per heavy atom. The van der Waals surface area contributed by atoms with Crippen molar-refractivity contribution in [3.8, 4) is 5.75 Å². The first-order valence-electron chi connectivity index (χ1n) is 7.94. The number of carbonyl (C=O) groups excluding carboxylic acids is 2. The molecule has 134 valence electrons. The van der Waals surface area contributed by atoms with Crippen molar-refractivity contribution in [2.24, 2.45) is 0 Å². The number of ether oxygens (including phenoxy) is 1. The van der Waals surface area contributed by atoms with Crippen LogP contribution in [-0.2, 0) is 11.3 Å². The van der Waals surface area contributed by atoms with Gasteiger partial charge in [0.05, 0.1) is 24.5 Å². The number of hydrogen-bond acceptors (Lipinski definition) is 4. The monoisotopic (exact) mass is 364 g/mol. The Labute approximate surface area is 151 Å². The molecule has 0 fully saturated rings. The van der Waals surface area contributed by atoms with Gasteiger partial charge in [-0.2, -0.15) is 0 Å². The third kappa shape index (κ3) is 5.53. The maximum atomic E-state index is 12.5. The first kappa shape index (κ1) is 18.9. The van der Waals surface area contributed by atoms with Gasteiger partial charge < -0.3 is 19.8 Å². The van der Waals surface area contributed by atoms with Gasteiger partial charge in [-0.15, -0.1) is 0 Å². The van der Waals surface area contributed by atoms with Gasteiger partial charge in [0, 0.05) is 5.02 Å². The van der Waals surface area contributed by atoms with Crippen molar-refractivity contribution in [1.29, 1.82) is 0 Å². The van der Waals surface area contributed by atoms with Crippen LogP contribution in [0.5, 0.6) is 5.75 Å². The molecule has 0 aliphatic carbocycles. The van der Waals surface area contributed by atoms with E-state index in [1.54, 1.807) is 31.2 Å². The summed E-state index contributed by atoms with van der Waals surface area (Å²) >= 11 is 5.98. The summed E-state index contributed by atoms with van der Waals surface area (Å²) < 4.78 is 10.8. The molecule has 6 nitrogen and oxygen atoms in total. The van der Waals surface area contributed by atoms with Crippen LogP contribution < -0.4 is 15.4 Å². The van der Waals surface area contributed by atoms with Crippen molar-refractivity contribution in [3.63, 3.8) is 0 Å². The van der Waals surface area contributed by atoms with E-state index in [0.29, 0.717) is 16.5 Å². The predicted molar refractivity (Wildman–Crippen MR) is 94.7 cm³/mol. The highest BCUT2D eigenvalue weighted by Crippen LogP contribution is 2.24. The molecule has 1 heterocycles. The number of carbonyl (C=O) groups is 2. The van der Waals surface area contributed by atoms with Gasteiger partial charge >= 0.3 is 0 Å². The van der Waals surface area contributed by atoms with Crippen LogP contribution in [0.1, 0.15) is 36.9 Å². The molecule has 7 heteroatoms. The molecule has 0 bridgehead atoms. The minimum atomic E-state index is -0.728. The summed E-state index contributed by atoms with van der Waals surface area (Å²) in [7, 11) is 0. The smallest absolute Gasteiger partial charge is 0.255 e. The number of benzene rings is 1. The molecule has 1 aromatic heterocycles. The molecule has 2 aromatic rings. The average molecular weight is 365 g/mol. The number of hydrogen-bond donors (Lipinski definition) is 2. The highest BCUT2D eigenvalue weighted by atomic mass is 35.5. The highest BCUT2D eigenvalue weighted by molar-refractivity contribution is 6.31. The van der Waals surface area contributed by atoms with E-state index in [1.807, 2.05) is 13.8 Å². The minimum Gasteiger partial charge on any atom is -0.490 e. The molecule has 0 radical (unpaired) electrons. The molecular formula is C18H21ClN2O4. The van der Waals surface area contributed by atoms with Crippen molar-refractivity contribution in [2.75, 3.05) is 0 Å². The lowest BCUT2D eigenvalue weighted by Gasteiger charge is -2.17. The Kier molecular flexibility index (Phi) is 6.47. The second kappa shape index (κ2) is 8.58. The number of rotatable bonds is 7. The molecule has 25 heavy (non-hydrogen) atoms. The van der Waals surface area contributed by atoms with Gasteiger partial charge in [0.15, 0.2) is 0 Å². The zero-order chi connectivity index (χ0) is 18.4. The first-order valence-corrected chi connectivity index (χ1v) is 8.31. The van der Waals surface area contributed by atoms with Crippen LogP contribution in [0, 0.1) is 0 Å².